The molecule has 0 heterocycles. The van der Waals surface area contributed by atoms with Gasteiger partial charge in [0, 0.05) is 5.56 Å². The Morgan fingerprint density at radius 2 is 1.76 bits per heavy atom. The third-order valence-electron chi connectivity index (χ3n) is 2.93. The van der Waals surface area contributed by atoms with Gasteiger partial charge in [0.25, 0.3) is 0 Å². The topological polar surface area (TPSA) is 21.3 Å². The SMILES string of the molecule is CNC(c1cccc(F)c1)c1ccccc1OC(F)(F)F. The summed E-state index contributed by atoms with van der Waals surface area (Å²) in [5, 5.41) is 2.87. The molecule has 21 heavy (non-hydrogen) atoms. The Labute approximate surface area is 119 Å². The smallest absolute Gasteiger partial charge is 0.405 e. The van der Waals surface area contributed by atoms with E-state index < -0.39 is 18.2 Å². The minimum absolute atomic E-state index is 0.280. The van der Waals surface area contributed by atoms with Crippen molar-refractivity contribution in [1.29, 1.82) is 0 Å². The van der Waals surface area contributed by atoms with Crippen LogP contribution >= 0.6 is 0 Å². The molecule has 2 rings (SSSR count). The van der Waals surface area contributed by atoms with Crippen LogP contribution in [0.2, 0.25) is 0 Å². The molecule has 0 amide bonds. The van der Waals surface area contributed by atoms with Gasteiger partial charge in [0.2, 0.25) is 0 Å². The van der Waals surface area contributed by atoms with E-state index in [2.05, 4.69) is 10.1 Å². The summed E-state index contributed by atoms with van der Waals surface area (Å²) in [6, 6.07) is 10.8. The molecule has 0 bridgehead atoms. The van der Waals surface area contributed by atoms with Gasteiger partial charge in [0.15, 0.2) is 0 Å². The van der Waals surface area contributed by atoms with Crippen LogP contribution in [-0.4, -0.2) is 13.4 Å². The first kappa shape index (κ1) is 15.3. The summed E-state index contributed by atoms with van der Waals surface area (Å²) in [5.74, 6) is -0.768. The molecule has 112 valence electrons. The molecule has 0 spiro atoms. The number of alkyl halides is 3. The van der Waals surface area contributed by atoms with Crippen LogP contribution in [0.25, 0.3) is 0 Å². The lowest BCUT2D eigenvalue weighted by molar-refractivity contribution is -0.275. The normalized spacial score (nSPS) is 13.0. The van der Waals surface area contributed by atoms with Crippen LogP contribution in [0.15, 0.2) is 48.5 Å². The Kier molecular flexibility index (Phi) is 4.47. The molecule has 2 aromatic rings. The molecule has 0 fully saturated rings. The van der Waals surface area contributed by atoms with E-state index >= 15 is 0 Å². The number of para-hydroxylation sites is 1. The maximum absolute atomic E-state index is 13.3. The second kappa shape index (κ2) is 6.13. The summed E-state index contributed by atoms with van der Waals surface area (Å²) >= 11 is 0. The predicted molar refractivity (Wildman–Crippen MR) is 70.4 cm³/mol. The highest BCUT2D eigenvalue weighted by atomic mass is 19.4. The average Bonchev–Trinajstić information content (AvgIpc) is 2.40. The molecule has 0 aliphatic rings. The molecule has 1 N–H and O–H groups in total. The highest BCUT2D eigenvalue weighted by Crippen LogP contribution is 2.33. The third kappa shape index (κ3) is 3.95. The zero-order valence-corrected chi connectivity index (χ0v) is 11.1. The molecular weight excluding hydrogens is 286 g/mol. The Morgan fingerprint density at radius 1 is 1.05 bits per heavy atom. The van der Waals surface area contributed by atoms with Gasteiger partial charge < -0.3 is 10.1 Å². The number of hydrogen-bond acceptors (Lipinski definition) is 2. The summed E-state index contributed by atoms with van der Waals surface area (Å²) < 4.78 is 54.7. The lowest BCUT2D eigenvalue weighted by Gasteiger charge is -2.21. The fourth-order valence-electron chi connectivity index (χ4n) is 2.12. The van der Waals surface area contributed by atoms with Gasteiger partial charge in [0.1, 0.15) is 11.6 Å². The fourth-order valence-corrected chi connectivity index (χ4v) is 2.12. The molecule has 1 atom stereocenters. The van der Waals surface area contributed by atoms with Crippen molar-refractivity contribution in [2.24, 2.45) is 0 Å². The second-order valence-corrected chi connectivity index (χ2v) is 4.36. The molecule has 0 aromatic heterocycles. The van der Waals surface area contributed by atoms with E-state index in [0.29, 0.717) is 5.56 Å². The van der Waals surface area contributed by atoms with Gasteiger partial charge in [-0.25, -0.2) is 4.39 Å². The Hall–Kier alpha value is -2.08. The first-order valence-electron chi connectivity index (χ1n) is 6.18. The van der Waals surface area contributed by atoms with Crippen molar-refractivity contribution in [3.8, 4) is 5.75 Å². The van der Waals surface area contributed by atoms with E-state index in [1.165, 1.54) is 36.4 Å². The highest BCUT2D eigenvalue weighted by Gasteiger charge is 2.33. The minimum Gasteiger partial charge on any atom is -0.405 e. The Morgan fingerprint density at radius 3 is 2.38 bits per heavy atom. The van der Waals surface area contributed by atoms with Crippen LogP contribution in [0, 0.1) is 5.82 Å². The van der Waals surface area contributed by atoms with Crippen LogP contribution in [0.4, 0.5) is 17.6 Å². The largest absolute Gasteiger partial charge is 0.573 e. The van der Waals surface area contributed by atoms with E-state index in [9.17, 15) is 17.6 Å². The summed E-state index contributed by atoms with van der Waals surface area (Å²) in [6.07, 6.45) is -4.78. The van der Waals surface area contributed by atoms with Crippen molar-refractivity contribution >= 4 is 0 Å². The monoisotopic (exact) mass is 299 g/mol. The third-order valence-corrected chi connectivity index (χ3v) is 2.93. The van der Waals surface area contributed by atoms with E-state index in [-0.39, 0.29) is 11.3 Å². The van der Waals surface area contributed by atoms with Crippen LogP contribution in [0.1, 0.15) is 17.2 Å². The van der Waals surface area contributed by atoms with Crippen LogP contribution in [0.5, 0.6) is 5.75 Å². The number of ether oxygens (including phenoxy) is 1. The van der Waals surface area contributed by atoms with Gasteiger partial charge in [-0.05, 0) is 30.8 Å². The molecule has 0 aliphatic carbocycles. The molecule has 0 saturated heterocycles. The van der Waals surface area contributed by atoms with Crippen molar-refractivity contribution < 1.29 is 22.3 Å². The highest BCUT2D eigenvalue weighted by molar-refractivity contribution is 5.41. The zero-order chi connectivity index (χ0) is 15.5. The Bertz CT molecular complexity index is 613. The quantitative estimate of drug-likeness (QED) is 0.861. The molecule has 2 aromatic carbocycles. The summed E-state index contributed by atoms with van der Waals surface area (Å²) in [4.78, 5) is 0. The Balaban J connectivity index is 2.43. The molecule has 0 saturated carbocycles. The van der Waals surface area contributed by atoms with Crippen molar-refractivity contribution in [2.75, 3.05) is 7.05 Å². The van der Waals surface area contributed by atoms with E-state index in [4.69, 9.17) is 0 Å². The van der Waals surface area contributed by atoms with Crippen LogP contribution in [0.3, 0.4) is 0 Å². The zero-order valence-electron chi connectivity index (χ0n) is 11.1. The van der Waals surface area contributed by atoms with E-state index in [0.717, 1.165) is 0 Å². The van der Waals surface area contributed by atoms with Gasteiger partial charge in [-0.2, -0.15) is 0 Å². The maximum Gasteiger partial charge on any atom is 0.573 e. The lowest BCUT2D eigenvalue weighted by atomic mass is 9.98. The minimum atomic E-state index is -4.78. The summed E-state index contributed by atoms with van der Waals surface area (Å²) in [6.45, 7) is 0. The average molecular weight is 299 g/mol. The molecule has 1 unspecified atom stereocenters. The van der Waals surface area contributed by atoms with Gasteiger partial charge >= 0.3 is 6.36 Å². The molecule has 2 nitrogen and oxygen atoms in total. The predicted octanol–water partition coefficient (Wildman–Crippen LogP) is 4.03. The number of hydrogen-bond donors (Lipinski definition) is 1. The first-order chi connectivity index (χ1) is 9.90. The first-order valence-corrected chi connectivity index (χ1v) is 6.18. The summed E-state index contributed by atoms with van der Waals surface area (Å²) in [7, 11) is 1.58. The van der Waals surface area contributed by atoms with Crippen molar-refractivity contribution in [2.45, 2.75) is 12.4 Å². The maximum atomic E-state index is 13.3. The van der Waals surface area contributed by atoms with Gasteiger partial charge in [-0.15, -0.1) is 13.2 Å². The lowest BCUT2D eigenvalue weighted by Crippen LogP contribution is -2.22. The number of halogens is 4. The van der Waals surface area contributed by atoms with Gasteiger partial charge in [-0.3, -0.25) is 0 Å². The van der Waals surface area contributed by atoms with Crippen molar-refractivity contribution in [3.63, 3.8) is 0 Å². The van der Waals surface area contributed by atoms with Crippen LogP contribution < -0.4 is 10.1 Å². The van der Waals surface area contributed by atoms with Crippen molar-refractivity contribution in [1.82, 2.24) is 5.32 Å². The second-order valence-electron chi connectivity index (χ2n) is 4.36. The molecular formula is C15H13F4NO. The summed E-state index contributed by atoms with van der Waals surface area (Å²) in [5.41, 5.74) is 0.790. The van der Waals surface area contributed by atoms with Crippen LogP contribution in [-0.2, 0) is 0 Å². The standard InChI is InChI=1S/C15H13F4NO/c1-20-14(10-5-4-6-11(16)9-10)12-7-2-3-8-13(12)21-15(17,18)19/h2-9,14,20H,1H3. The molecule has 0 radical (unpaired) electrons. The fraction of sp³-hybridized carbons (Fsp3) is 0.200. The molecule has 6 heteroatoms. The number of rotatable bonds is 4. The van der Waals surface area contributed by atoms with E-state index in [1.54, 1.807) is 19.2 Å². The number of nitrogens with one attached hydrogen (secondary N) is 1. The van der Waals surface area contributed by atoms with E-state index in [1.807, 2.05) is 0 Å². The van der Waals surface area contributed by atoms with Gasteiger partial charge in [-0.1, -0.05) is 30.3 Å². The number of benzene rings is 2. The molecule has 0 aliphatic heterocycles. The van der Waals surface area contributed by atoms with Crippen molar-refractivity contribution in [3.05, 3.63) is 65.5 Å². The van der Waals surface area contributed by atoms with Gasteiger partial charge in [0.05, 0.1) is 6.04 Å².